The highest BCUT2D eigenvalue weighted by Crippen LogP contribution is 2.24. The number of aryl methyl sites for hydroxylation is 2. The van der Waals surface area contributed by atoms with Crippen molar-refractivity contribution in [2.24, 2.45) is 0 Å². The molecule has 1 atom stereocenters. The van der Waals surface area contributed by atoms with Gasteiger partial charge >= 0.3 is 0 Å². The van der Waals surface area contributed by atoms with Crippen LogP contribution in [0, 0.1) is 13.8 Å². The van der Waals surface area contributed by atoms with Gasteiger partial charge in [-0.15, -0.1) is 11.3 Å². The van der Waals surface area contributed by atoms with Crippen LogP contribution in [0.4, 0.5) is 5.69 Å². The molecule has 4 aromatic rings. The standard InChI is InChI=1S/C25H23N3O3S/c1-16-17(2)31-25(26-16)19-10-6-11-20(15-19)27-23(29)21(14-18-8-4-3-5-9-18)28-24(30)22-12-7-13-32-22/h3-13,15,21H,14H2,1-2H3,(H,27,29)(H,28,30). The molecule has 4 rings (SSSR count). The fraction of sp³-hybridized carbons (Fsp3) is 0.160. The number of benzene rings is 2. The Morgan fingerprint density at radius 3 is 2.53 bits per heavy atom. The average molecular weight is 446 g/mol. The summed E-state index contributed by atoms with van der Waals surface area (Å²) in [5.41, 5.74) is 3.15. The number of rotatable bonds is 7. The Kier molecular flexibility index (Phi) is 6.47. The van der Waals surface area contributed by atoms with E-state index in [4.69, 9.17) is 4.42 Å². The number of nitrogens with one attached hydrogen (secondary N) is 2. The first kappa shape index (κ1) is 21.5. The largest absolute Gasteiger partial charge is 0.441 e. The average Bonchev–Trinajstić information content (AvgIpc) is 3.45. The molecule has 0 aliphatic heterocycles. The van der Waals surface area contributed by atoms with Gasteiger partial charge in [0.15, 0.2) is 0 Å². The van der Waals surface area contributed by atoms with Crippen LogP contribution < -0.4 is 10.6 Å². The zero-order valence-electron chi connectivity index (χ0n) is 17.8. The van der Waals surface area contributed by atoms with Gasteiger partial charge in [0.25, 0.3) is 5.91 Å². The minimum Gasteiger partial charge on any atom is -0.441 e. The number of anilines is 1. The number of nitrogens with zero attached hydrogens (tertiary/aromatic N) is 1. The Labute approximate surface area is 190 Å². The van der Waals surface area contributed by atoms with E-state index in [0.29, 0.717) is 22.9 Å². The minimum absolute atomic E-state index is 0.268. The number of hydrogen-bond acceptors (Lipinski definition) is 5. The molecule has 2 amide bonds. The zero-order chi connectivity index (χ0) is 22.5. The van der Waals surface area contributed by atoms with Crippen molar-refractivity contribution >= 4 is 28.8 Å². The maximum atomic E-state index is 13.2. The number of oxazole rings is 1. The Hall–Kier alpha value is -3.71. The van der Waals surface area contributed by atoms with Crippen molar-refractivity contribution in [2.75, 3.05) is 5.32 Å². The molecule has 2 N–H and O–H groups in total. The van der Waals surface area contributed by atoms with Crippen molar-refractivity contribution in [3.05, 3.63) is 94.0 Å². The molecule has 7 heteroatoms. The number of thiophene rings is 1. The van der Waals surface area contributed by atoms with Crippen LogP contribution >= 0.6 is 11.3 Å². The van der Waals surface area contributed by atoms with E-state index >= 15 is 0 Å². The maximum absolute atomic E-state index is 13.2. The van der Waals surface area contributed by atoms with E-state index in [2.05, 4.69) is 15.6 Å². The SMILES string of the molecule is Cc1nc(-c2cccc(NC(=O)C(Cc3ccccc3)NC(=O)c3cccs3)c2)oc1C. The smallest absolute Gasteiger partial charge is 0.262 e. The molecule has 2 aromatic carbocycles. The van der Waals surface area contributed by atoms with Gasteiger partial charge in [-0.05, 0) is 49.1 Å². The monoisotopic (exact) mass is 445 g/mol. The van der Waals surface area contributed by atoms with Crippen LogP contribution in [-0.4, -0.2) is 22.8 Å². The summed E-state index contributed by atoms with van der Waals surface area (Å²) >= 11 is 1.34. The second-order valence-corrected chi connectivity index (χ2v) is 8.37. The summed E-state index contributed by atoms with van der Waals surface area (Å²) in [7, 11) is 0. The van der Waals surface area contributed by atoms with Crippen LogP contribution in [-0.2, 0) is 11.2 Å². The molecule has 0 radical (unpaired) electrons. The molecule has 2 aromatic heterocycles. The van der Waals surface area contributed by atoms with E-state index < -0.39 is 6.04 Å². The first-order valence-electron chi connectivity index (χ1n) is 10.2. The van der Waals surface area contributed by atoms with Crippen LogP contribution in [0.5, 0.6) is 0 Å². The van der Waals surface area contributed by atoms with Crippen LogP contribution in [0.2, 0.25) is 0 Å². The minimum atomic E-state index is -0.734. The van der Waals surface area contributed by atoms with Crippen molar-refractivity contribution in [2.45, 2.75) is 26.3 Å². The molecular formula is C25H23N3O3S. The predicted octanol–water partition coefficient (Wildman–Crippen LogP) is 5.00. The van der Waals surface area contributed by atoms with E-state index in [1.807, 2.05) is 73.8 Å². The molecule has 1 unspecified atom stereocenters. The third kappa shape index (κ3) is 5.12. The van der Waals surface area contributed by atoms with Gasteiger partial charge in [0, 0.05) is 17.7 Å². The number of carbonyl (C=O) groups excluding carboxylic acids is 2. The molecule has 0 saturated heterocycles. The lowest BCUT2D eigenvalue weighted by Gasteiger charge is -2.18. The normalized spacial score (nSPS) is 11.7. The second kappa shape index (κ2) is 9.62. The van der Waals surface area contributed by atoms with Gasteiger partial charge in [-0.1, -0.05) is 42.5 Å². The zero-order valence-corrected chi connectivity index (χ0v) is 18.6. The fourth-order valence-electron chi connectivity index (χ4n) is 3.25. The molecular weight excluding hydrogens is 422 g/mol. The van der Waals surface area contributed by atoms with E-state index in [0.717, 1.165) is 22.6 Å². The molecule has 0 spiro atoms. The highest BCUT2D eigenvalue weighted by atomic mass is 32.1. The molecule has 0 saturated carbocycles. The van der Waals surface area contributed by atoms with Crippen molar-refractivity contribution in [3.63, 3.8) is 0 Å². The van der Waals surface area contributed by atoms with Gasteiger partial charge in [0.2, 0.25) is 11.8 Å². The number of aromatic nitrogens is 1. The lowest BCUT2D eigenvalue weighted by Crippen LogP contribution is -2.45. The summed E-state index contributed by atoms with van der Waals surface area (Å²) in [6.45, 7) is 3.75. The summed E-state index contributed by atoms with van der Waals surface area (Å²) < 4.78 is 5.70. The second-order valence-electron chi connectivity index (χ2n) is 7.42. The molecule has 32 heavy (non-hydrogen) atoms. The van der Waals surface area contributed by atoms with Crippen LogP contribution in [0.25, 0.3) is 11.5 Å². The summed E-state index contributed by atoms with van der Waals surface area (Å²) in [6.07, 6.45) is 0.377. The van der Waals surface area contributed by atoms with E-state index in [1.54, 1.807) is 12.1 Å². The number of carbonyl (C=O) groups is 2. The van der Waals surface area contributed by atoms with Gasteiger partial charge in [-0.25, -0.2) is 4.98 Å². The Morgan fingerprint density at radius 2 is 1.84 bits per heavy atom. The lowest BCUT2D eigenvalue weighted by molar-refractivity contribution is -0.118. The molecule has 0 fully saturated rings. The van der Waals surface area contributed by atoms with Gasteiger partial charge in [-0.2, -0.15) is 0 Å². The molecule has 6 nitrogen and oxygen atoms in total. The van der Waals surface area contributed by atoms with Crippen LogP contribution in [0.15, 0.2) is 76.5 Å². The summed E-state index contributed by atoms with van der Waals surface area (Å²) in [4.78, 5) is 30.8. The lowest BCUT2D eigenvalue weighted by atomic mass is 10.0. The van der Waals surface area contributed by atoms with Crippen molar-refractivity contribution in [3.8, 4) is 11.5 Å². The van der Waals surface area contributed by atoms with E-state index in [-0.39, 0.29) is 11.8 Å². The first-order valence-corrected chi connectivity index (χ1v) is 11.1. The number of hydrogen-bond donors (Lipinski definition) is 2. The topological polar surface area (TPSA) is 84.2 Å². The van der Waals surface area contributed by atoms with Gasteiger partial charge < -0.3 is 15.1 Å². The summed E-state index contributed by atoms with van der Waals surface area (Å²) in [5, 5.41) is 7.63. The van der Waals surface area contributed by atoms with E-state index in [9.17, 15) is 9.59 Å². The van der Waals surface area contributed by atoms with Crippen molar-refractivity contribution < 1.29 is 14.0 Å². The van der Waals surface area contributed by atoms with Crippen LogP contribution in [0.3, 0.4) is 0 Å². The maximum Gasteiger partial charge on any atom is 0.262 e. The molecule has 0 aliphatic carbocycles. The molecule has 0 aliphatic rings. The number of amides is 2. The third-order valence-electron chi connectivity index (χ3n) is 5.06. The van der Waals surface area contributed by atoms with Gasteiger partial charge in [0.1, 0.15) is 11.8 Å². The Bertz CT molecular complexity index is 1200. The molecule has 0 bridgehead atoms. The Balaban J connectivity index is 1.54. The summed E-state index contributed by atoms with van der Waals surface area (Å²) in [6, 6.07) is 19.7. The molecule has 2 heterocycles. The fourth-order valence-corrected chi connectivity index (χ4v) is 3.88. The highest BCUT2D eigenvalue weighted by Gasteiger charge is 2.23. The van der Waals surface area contributed by atoms with Gasteiger partial charge in [-0.3, -0.25) is 9.59 Å². The van der Waals surface area contributed by atoms with Crippen molar-refractivity contribution in [1.29, 1.82) is 0 Å². The quantitative estimate of drug-likeness (QED) is 0.419. The van der Waals surface area contributed by atoms with Crippen LogP contribution in [0.1, 0.15) is 26.7 Å². The third-order valence-corrected chi connectivity index (χ3v) is 5.92. The predicted molar refractivity (Wildman–Crippen MR) is 126 cm³/mol. The Morgan fingerprint density at radius 1 is 1.03 bits per heavy atom. The van der Waals surface area contributed by atoms with E-state index in [1.165, 1.54) is 11.3 Å². The van der Waals surface area contributed by atoms with Crippen molar-refractivity contribution in [1.82, 2.24) is 10.3 Å². The highest BCUT2D eigenvalue weighted by molar-refractivity contribution is 7.12. The first-order chi connectivity index (χ1) is 15.5. The van der Waals surface area contributed by atoms with Gasteiger partial charge in [0.05, 0.1) is 10.6 Å². The summed E-state index contributed by atoms with van der Waals surface area (Å²) in [5.74, 6) is 0.697. The molecule has 162 valence electrons.